The molecule has 1 aromatic carbocycles. The molecule has 1 aliphatic heterocycles. The molecule has 2 aliphatic carbocycles. The first kappa shape index (κ1) is 24.2. The minimum atomic E-state index is -4.39. The minimum Gasteiger partial charge on any atom is -0.352 e. The van der Waals surface area contributed by atoms with E-state index < -0.39 is 11.7 Å². The Labute approximate surface area is 197 Å². The Balaban J connectivity index is 1.51. The van der Waals surface area contributed by atoms with Crippen LogP contribution in [0.1, 0.15) is 69.4 Å². The first-order valence-corrected chi connectivity index (χ1v) is 12.8. The van der Waals surface area contributed by atoms with Gasteiger partial charge in [0.05, 0.1) is 10.5 Å². The lowest BCUT2D eigenvalue weighted by atomic mass is 9.86. The molecule has 3 aliphatic rings. The van der Waals surface area contributed by atoms with E-state index in [1.165, 1.54) is 30.3 Å². The predicted octanol–water partition coefficient (Wildman–Crippen LogP) is 5.63. The average molecular weight is 481 g/mol. The number of alkyl halides is 3. The largest absolute Gasteiger partial charge is 0.416 e. The zero-order valence-corrected chi connectivity index (χ0v) is 19.7. The van der Waals surface area contributed by atoms with Crippen molar-refractivity contribution >= 4 is 29.7 Å². The number of fused-ring (bicyclic) bond motifs is 1. The summed E-state index contributed by atoms with van der Waals surface area (Å²) in [6.07, 6.45) is 5.60. The summed E-state index contributed by atoms with van der Waals surface area (Å²) in [5.41, 5.74) is -0.164. The molecule has 180 valence electrons. The van der Waals surface area contributed by atoms with Crippen molar-refractivity contribution in [2.45, 2.75) is 81.8 Å². The summed E-state index contributed by atoms with van der Waals surface area (Å²) >= 11 is 1.51. The van der Waals surface area contributed by atoms with Gasteiger partial charge in [0.2, 0.25) is 5.91 Å². The van der Waals surface area contributed by atoms with Crippen LogP contribution in [0, 0.1) is 5.92 Å². The molecule has 4 nitrogen and oxygen atoms in total. The molecular weight excluding hydrogens is 449 g/mol. The van der Waals surface area contributed by atoms with E-state index in [0.29, 0.717) is 16.4 Å². The first-order valence-electron chi connectivity index (χ1n) is 11.9. The monoisotopic (exact) mass is 480 g/mol. The van der Waals surface area contributed by atoms with E-state index in [2.05, 4.69) is 12.2 Å². The summed E-state index contributed by atoms with van der Waals surface area (Å²) in [7, 11) is 0. The quantitative estimate of drug-likeness (QED) is 0.569. The van der Waals surface area contributed by atoms with Crippen LogP contribution in [0.15, 0.2) is 29.2 Å². The van der Waals surface area contributed by atoms with E-state index in [4.69, 9.17) is 0 Å². The van der Waals surface area contributed by atoms with E-state index in [9.17, 15) is 22.8 Å². The van der Waals surface area contributed by atoms with Crippen LogP contribution in [0.25, 0.3) is 6.08 Å². The Hall–Kier alpha value is -1.96. The van der Waals surface area contributed by atoms with Crippen LogP contribution >= 0.6 is 11.8 Å². The Morgan fingerprint density at radius 3 is 2.45 bits per heavy atom. The lowest BCUT2D eigenvalue weighted by molar-refractivity contribution is -0.137. The van der Waals surface area contributed by atoms with Crippen molar-refractivity contribution < 1.29 is 22.8 Å². The van der Waals surface area contributed by atoms with Gasteiger partial charge in [0.15, 0.2) is 0 Å². The maximum atomic E-state index is 13.4. The molecular formula is C25H31F3N2O2S. The van der Waals surface area contributed by atoms with Gasteiger partial charge < -0.3 is 10.2 Å². The van der Waals surface area contributed by atoms with E-state index in [0.717, 1.165) is 57.1 Å². The van der Waals surface area contributed by atoms with Crippen LogP contribution in [0.4, 0.5) is 13.2 Å². The van der Waals surface area contributed by atoms with Gasteiger partial charge in [-0.15, -0.1) is 11.8 Å². The number of nitrogens with one attached hydrogen (secondary N) is 1. The Morgan fingerprint density at radius 2 is 1.76 bits per heavy atom. The second kappa shape index (κ2) is 10.1. The van der Waals surface area contributed by atoms with Gasteiger partial charge >= 0.3 is 6.18 Å². The van der Waals surface area contributed by atoms with Crippen molar-refractivity contribution in [2.24, 2.45) is 5.92 Å². The molecule has 0 aromatic heterocycles. The highest BCUT2D eigenvalue weighted by molar-refractivity contribution is 8.04. The molecule has 2 amide bonds. The number of rotatable bonds is 4. The third-order valence-electron chi connectivity index (χ3n) is 7.13. The highest BCUT2D eigenvalue weighted by Gasteiger charge is 2.41. The lowest BCUT2D eigenvalue weighted by Gasteiger charge is -2.44. The highest BCUT2D eigenvalue weighted by atomic mass is 32.2. The molecule has 0 bridgehead atoms. The number of amides is 2. The minimum absolute atomic E-state index is 0.0236. The van der Waals surface area contributed by atoms with Gasteiger partial charge in [-0.2, -0.15) is 13.2 Å². The van der Waals surface area contributed by atoms with Crippen molar-refractivity contribution in [1.29, 1.82) is 0 Å². The van der Waals surface area contributed by atoms with E-state index in [-0.39, 0.29) is 35.7 Å². The first-order chi connectivity index (χ1) is 15.7. The number of carbonyl (C=O) groups is 2. The highest BCUT2D eigenvalue weighted by Crippen LogP contribution is 2.42. The number of hydrogen-bond acceptors (Lipinski definition) is 3. The summed E-state index contributed by atoms with van der Waals surface area (Å²) in [6.45, 7) is 2.20. The fourth-order valence-corrected chi connectivity index (χ4v) is 6.69. The Morgan fingerprint density at radius 1 is 1.09 bits per heavy atom. The van der Waals surface area contributed by atoms with Gasteiger partial charge in [-0.1, -0.05) is 44.7 Å². The number of halogens is 3. The van der Waals surface area contributed by atoms with Crippen molar-refractivity contribution in [3.63, 3.8) is 0 Å². The molecule has 33 heavy (non-hydrogen) atoms. The summed E-state index contributed by atoms with van der Waals surface area (Å²) in [5.74, 6) is 0.120. The third kappa shape index (κ3) is 5.76. The molecule has 2 saturated carbocycles. The second-order valence-corrected chi connectivity index (χ2v) is 10.8. The van der Waals surface area contributed by atoms with Gasteiger partial charge in [-0.25, -0.2) is 0 Å². The lowest BCUT2D eigenvalue weighted by Crippen LogP contribution is -2.55. The van der Waals surface area contributed by atoms with E-state index in [1.807, 2.05) is 0 Å². The predicted molar refractivity (Wildman–Crippen MR) is 124 cm³/mol. The Kier molecular flexibility index (Phi) is 7.41. The van der Waals surface area contributed by atoms with Crippen LogP contribution in [-0.2, 0) is 15.8 Å². The van der Waals surface area contributed by atoms with Crippen LogP contribution in [0.2, 0.25) is 0 Å². The second-order valence-electron chi connectivity index (χ2n) is 9.51. The van der Waals surface area contributed by atoms with Crippen molar-refractivity contribution in [3.8, 4) is 0 Å². The van der Waals surface area contributed by atoms with Crippen LogP contribution in [-0.4, -0.2) is 40.6 Å². The normalized spacial score (nSPS) is 29.6. The molecule has 8 heteroatoms. The molecule has 4 atom stereocenters. The van der Waals surface area contributed by atoms with Crippen LogP contribution < -0.4 is 5.32 Å². The molecule has 1 N–H and O–H groups in total. The maximum absolute atomic E-state index is 13.4. The summed E-state index contributed by atoms with van der Waals surface area (Å²) in [5, 5.41) is 3.36. The van der Waals surface area contributed by atoms with Gasteiger partial charge in [-0.3, -0.25) is 9.59 Å². The van der Waals surface area contributed by atoms with Gasteiger partial charge in [0.1, 0.15) is 6.54 Å². The van der Waals surface area contributed by atoms with Crippen molar-refractivity contribution in [2.75, 3.05) is 6.54 Å². The van der Waals surface area contributed by atoms with Crippen molar-refractivity contribution in [3.05, 3.63) is 40.3 Å². The molecule has 0 spiro atoms. The number of nitrogens with zero attached hydrogens (tertiary/aromatic N) is 1. The number of carbonyl (C=O) groups excluding carboxylic acids is 2. The number of thioether (sulfide) groups is 1. The van der Waals surface area contributed by atoms with E-state index >= 15 is 0 Å². The number of benzene rings is 1. The maximum Gasteiger partial charge on any atom is 0.416 e. The zero-order chi connectivity index (χ0) is 23.6. The molecule has 1 aromatic rings. The summed E-state index contributed by atoms with van der Waals surface area (Å²) in [6, 6.07) is 5.02. The standard InChI is InChI=1S/C25H31F3N2O2S/c1-16-6-2-3-7-19(16)29-23(31)15-30-20-8-4-5-9-21(20)33-22(24(30)32)14-17-10-12-18(13-11-17)25(26,27)28/h10-14,16,19-21H,2-9,15H2,1H3,(H,29,31)/b22-14+. The molecule has 3 fully saturated rings. The molecule has 4 rings (SSSR count). The fourth-order valence-electron chi connectivity index (χ4n) is 5.22. The fraction of sp³-hybridized carbons (Fsp3) is 0.600. The van der Waals surface area contributed by atoms with Gasteiger partial charge in [-0.05, 0) is 55.4 Å². The van der Waals surface area contributed by atoms with Crippen LogP contribution in [0.5, 0.6) is 0 Å². The molecule has 0 radical (unpaired) electrons. The molecule has 4 unspecified atom stereocenters. The van der Waals surface area contributed by atoms with E-state index in [1.54, 1.807) is 11.0 Å². The smallest absolute Gasteiger partial charge is 0.352 e. The Bertz CT molecular complexity index is 900. The zero-order valence-electron chi connectivity index (χ0n) is 18.9. The third-order valence-corrected chi connectivity index (χ3v) is 8.52. The van der Waals surface area contributed by atoms with Gasteiger partial charge in [0.25, 0.3) is 5.91 Å². The summed E-state index contributed by atoms with van der Waals surface area (Å²) in [4.78, 5) is 28.5. The SMILES string of the molecule is CC1CCCCC1NC(=O)CN1C(=O)/C(=C\c2ccc(C(F)(F)F)cc2)SC2CCCCC21. The molecule has 1 saturated heterocycles. The number of hydrogen-bond donors (Lipinski definition) is 1. The topological polar surface area (TPSA) is 49.4 Å². The molecule has 1 heterocycles. The summed E-state index contributed by atoms with van der Waals surface area (Å²) < 4.78 is 38.6. The average Bonchev–Trinajstić information content (AvgIpc) is 2.78. The van der Waals surface area contributed by atoms with Crippen molar-refractivity contribution in [1.82, 2.24) is 10.2 Å². The van der Waals surface area contributed by atoms with Crippen LogP contribution in [0.3, 0.4) is 0 Å². The van der Waals surface area contributed by atoms with Gasteiger partial charge in [0, 0.05) is 17.3 Å².